The van der Waals surface area contributed by atoms with Crippen molar-refractivity contribution in [2.75, 3.05) is 23.9 Å². The van der Waals surface area contributed by atoms with Gasteiger partial charge in [-0.3, -0.25) is 14.4 Å². The molecule has 15 heteroatoms. The summed E-state index contributed by atoms with van der Waals surface area (Å²) in [4.78, 5) is 52.2. The average molecular weight is 600 g/mol. The van der Waals surface area contributed by atoms with E-state index in [0.717, 1.165) is 25.3 Å². The van der Waals surface area contributed by atoms with Crippen LogP contribution in [0.1, 0.15) is 30.0 Å². The zero-order valence-electron chi connectivity index (χ0n) is 21.8. The number of sulfone groups is 1. The number of fused-ring (bicyclic) bond motifs is 2. The van der Waals surface area contributed by atoms with Crippen molar-refractivity contribution in [2.24, 2.45) is 0 Å². The second-order valence-electron chi connectivity index (χ2n) is 9.94. The fourth-order valence-corrected chi connectivity index (χ4v) is 5.34. The summed E-state index contributed by atoms with van der Waals surface area (Å²) in [5.74, 6) is -4.23. The van der Waals surface area contributed by atoms with Crippen molar-refractivity contribution in [3.63, 3.8) is 0 Å². The summed E-state index contributed by atoms with van der Waals surface area (Å²) in [6.45, 7) is -0.818. The normalized spacial score (nSPS) is 19.2. The molecule has 1 spiro atoms. The number of benzene rings is 2. The first-order valence-corrected chi connectivity index (χ1v) is 14.3. The predicted octanol–water partition coefficient (Wildman–Crippen LogP) is 2.91. The zero-order valence-corrected chi connectivity index (χ0v) is 22.6. The Morgan fingerprint density at radius 2 is 1.80 bits per heavy atom. The molecule has 1 aliphatic carbocycles. The number of carbonyl (C=O) groups is 4. The maximum absolute atomic E-state index is 13.6. The summed E-state index contributed by atoms with van der Waals surface area (Å²) in [5.41, 5.74) is -0.569. The van der Waals surface area contributed by atoms with Gasteiger partial charge < -0.3 is 15.0 Å². The molecule has 220 valence electrons. The van der Waals surface area contributed by atoms with Gasteiger partial charge in [-0.1, -0.05) is 18.2 Å². The highest BCUT2D eigenvalue weighted by Crippen LogP contribution is 2.46. The van der Waals surface area contributed by atoms with Gasteiger partial charge in [0.25, 0.3) is 5.91 Å². The number of hydrogen-bond donors (Lipinski definition) is 1. The maximum atomic E-state index is 13.6. The summed E-state index contributed by atoms with van der Waals surface area (Å²) in [6, 6.07) is 6.51. The monoisotopic (exact) mass is 599 g/mol. The molecule has 1 N–H and O–H groups in total. The smallest absolute Gasteiger partial charge is 0.418 e. The van der Waals surface area contributed by atoms with Gasteiger partial charge in [0.05, 0.1) is 0 Å². The van der Waals surface area contributed by atoms with E-state index in [1.807, 2.05) is 0 Å². The molecule has 1 saturated heterocycles. The van der Waals surface area contributed by atoms with Gasteiger partial charge in [0, 0.05) is 30.5 Å². The van der Waals surface area contributed by atoms with Crippen molar-refractivity contribution < 1.29 is 49.9 Å². The molecule has 0 aromatic heterocycles. The molecule has 1 fully saturated rings. The molecular weight excluding hydrogens is 574 g/mol. The first-order chi connectivity index (χ1) is 19.0. The molecule has 4 amide bonds. The van der Waals surface area contributed by atoms with E-state index in [0.29, 0.717) is 15.4 Å². The molecule has 0 radical (unpaired) electrons. The van der Waals surface area contributed by atoms with Crippen LogP contribution in [0.15, 0.2) is 42.5 Å². The molecule has 1 heterocycles. The van der Waals surface area contributed by atoms with Crippen molar-refractivity contribution >= 4 is 39.3 Å². The van der Waals surface area contributed by atoms with E-state index < -0.39 is 76.1 Å². The molecule has 41 heavy (non-hydrogen) atoms. The zero-order chi connectivity index (χ0) is 30.3. The van der Waals surface area contributed by atoms with Crippen LogP contribution in [0.25, 0.3) is 0 Å². The van der Waals surface area contributed by atoms with Gasteiger partial charge >= 0.3 is 12.3 Å². The van der Waals surface area contributed by atoms with E-state index in [2.05, 4.69) is 5.32 Å². The lowest BCUT2D eigenvalue weighted by atomic mass is 9.94. The Morgan fingerprint density at radius 3 is 2.41 bits per heavy atom. The van der Waals surface area contributed by atoms with Crippen LogP contribution in [0.2, 0.25) is 0 Å². The number of rotatable bonds is 8. The summed E-state index contributed by atoms with van der Waals surface area (Å²) >= 11 is 0. The Kier molecular flexibility index (Phi) is 7.86. The lowest BCUT2D eigenvalue weighted by Gasteiger charge is -2.31. The first-order valence-electron chi connectivity index (χ1n) is 12.3. The summed E-state index contributed by atoms with van der Waals surface area (Å²) in [6.07, 6.45) is -4.93. The predicted molar refractivity (Wildman–Crippen MR) is 135 cm³/mol. The Morgan fingerprint density at radius 1 is 1.15 bits per heavy atom. The molecular formula is C26H25F4N3O7S. The van der Waals surface area contributed by atoms with E-state index >= 15 is 0 Å². The summed E-state index contributed by atoms with van der Waals surface area (Å²) in [5, 5.41) is 2.44. The minimum atomic E-state index is -4.83. The maximum Gasteiger partial charge on any atom is 0.418 e. The lowest BCUT2D eigenvalue weighted by molar-refractivity contribution is -0.187. The number of ether oxygens (including phenoxy) is 1. The number of halogens is 4. The van der Waals surface area contributed by atoms with Crippen LogP contribution in [0.5, 0.6) is 0 Å². The van der Waals surface area contributed by atoms with Crippen LogP contribution in [-0.4, -0.2) is 72.8 Å². The molecule has 2 atom stereocenters. The van der Waals surface area contributed by atoms with Gasteiger partial charge in [0.15, 0.2) is 9.84 Å². The third-order valence-electron chi connectivity index (χ3n) is 6.86. The van der Waals surface area contributed by atoms with Crippen molar-refractivity contribution in [1.29, 1.82) is 0 Å². The lowest BCUT2D eigenvalue weighted by Crippen LogP contribution is -2.51. The van der Waals surface area contributed by atoms with Crippen LogP contribution < -0.4 is 5.32 Å². The van der Waals surface area contributed by atoms with Gasteiger partial charge in [-0.05, 0) is 48.7 Å². The van der Waals surface area contributed by atoms with E-state index in [-0.39, 0.29) is 29.7 Å². The number of hydrogen-bond acceptors (Lipinski definition) is 7. The highest BCUT2D eigenvalue weighted by Gasteiger charge is 2.58. The molecule has 10 nitrogen and oxygen atoms in total. The third kappa shape index (κ3) is 6.34. The highest BCUT2D eigenvalue weighted by molar-refractivity contribution is 7.91. The molecule has 2 aromatic carbocycles. The Labute approximate surface area is 232 Å². The molecule has 1 aliphatic heterocycles. The van der Waals surface area contributed by atoms with Crippen molar-refractivity contribution in [3.8, 4) is 0 Å². The standard InChI is InChI=1S/C26H25F4N3O7S/c1-15(26(28,29)30)32(12-16-3-5-18(27)6-4-16)22(35)13-33-23(36)25(40-24(33)37)10-9-17-11-19(7-8-20(17)25)31-21(34)14-41(2,38)39/h3-8,11,15H,9-10,12-14H2,1-2H3,(H,31,34)/t15-,25+/m0/s1. The summed E-state index contributed by atoms with van der Waals surface area (Å²) < 4.78 is 82.2. The van der Waals surface area contributed by atoms with Gasteiger partial charge in [0.1, 0.15) is 24.2 Å². The minimum absolute atomic E-state index is 0.0173. The van der Waals surface area contributed by atoms with E-state index in [9.17, 15) is 45.2 Å². The van der Waals surface area contributed by atoms with Gasteiger partial charge in [-0.15, -0.1) is 0 Å². The summed E-state index contributed by atoms with van der Waals surface area (Å²) in [7, 11) is -3.57. The first kappa shape index (κ1) is 30.0. The molecule has 4 rings (SSSR count). The van der Waals surface area contributed by atoms with Gasteiger partial charge in [-0.25, -0.2) is 22.5 Å². The Hall–Kier alpha value is -4.01. The number of nitrogens with one attached hydrogen (secondary N) is 1. The van der Waals surface area contributed by atoms with Crippen molar-refractivity contribution in [1.82, 2.24) is 9.80 Å². The van der Waals surface area contributed by atoms with E-state index in [1.165, 1.54) is 30.3 Å². The molecule has 2 aromatic rings. The highest BCUT2D eigenvalue weighted by atomic mass is 32.2. The quantitative estimate of drug-likeness (QED) is 0.462. The van der Waals surface area contributed by atoms with Crippen LogP contribution in [-0.2, 0) is 47.5 Å². The fourth-order valence-electron chi connectivity index (χ4n) is 4.80. The van der Waals surface area contributed by atoms with E-state index in [1.54, 1.807) is 0 Å². The number of anilines is 1. The van der Waals surface area contributed by atoms with Crippen LogP contribution in [0.4, 0.5) is 28.0 Å². The number of alkyl halides is 3. The second kappa shape index (κ2) is 10.8. The molecule has 0 saturated carbocycles. The number of aryl methyl sites for hydroxylation is 1. The largest absolute Gasteiger partial charge is 0.427 e. The molecule has 0 bridgehead atoms. The van der Waals surface area contributed by atoms with Crippen molar-refractivity contribution in [3.05, 3.63) is 65.0 Å². The van der Waals surface area contributed by atoms with E-state index in [4.69, 9.17) is 4.74 Å². The second-order valence-corrected chi connectivity index (χ2v) is 12.1. The Bertz CT molecular complexity index is 1510. The number of nitrogens with zero attached hydrogens (tertiary/aromatic N) is 2. The van der Waals surface area contributed by atoms with Crippen LogP contribution in [0, 0.1) is 5.82 Å². The topological polar surface area (TPSA) is 130 Å². The van der Waals surface area contributed by atoms with Crippen LogP contribution in [0.3, 0.4) is 0 Å². The number of carbonyl (C=O) groups excluding carboxylic acids is 4. The van der Waals surface area contributed by atoms with Gasteiger partial charge in [-0.2, -0.15) is 13.2 Å². The average Bonchev–Trinajstić information content (AvgIpc) is 3.33. The minimum Gasteiger partial charge on any atom is -0.427 e. The van der Waals surface area contributed by atoms with Gasteiger partial charge in [0.2, 0.25) is 17.4 Å². The SMILES string of the molecule is C[C@H](N(Cc1ccc(F)cc1)C(=O)CN1C(=O)O[C@@]2(CCc3cc(NC(=O)CS(C)(=O)=O)ccc32)C1=O)C(F)(F)F. The van der Waals surface area contributed by atoms with Crippen LogP contribution >= 0.6 is 0 Å². The molecule has 0 unspecified atom stereocenters. The molecule has 2 aliphatic rings. The van der Waals surface area contributed by atoms with Crippen molar-refractivity contribution in [2.45, 2.75) is 44.1 Å². The fraction of sp³-hybridized carbons (Fsp3) is 0.385. The number of amides is 4. The number of imide groups is 1. The Balaban J connectivity index is 1.54. The third-order valence-corrected chi connectivity index (χ3v) is 7.64.